The van der Waals surface area contributed by atoms with Crippen molar-refractivity contribution >= 4 is 6.29 Å². The molecule has 1 aliphatic rings. The third kappa shape index (κ3) is 5.05. The number of morpholine rings is 1. The van der Waals surface area contributed by atoms with Crippen LogP contribution in [0, 0.1) is 6.92 Å². The van der Waals surface area contributed by atoms with Crippen molar-refractivity contribution in [2.75, 3.05) is 33.4 Å². The van der Waals surface area contributed by atoms with Gasteiger partial charge in [0.15, 0.2) is 0 Å². The summed E-state index contributed by atoms with van der Waals surface area (Å²) in [5.74, 6) is 0. The van der Waals surface area contributed by atoms with Crippen LogP contribution in [0.5, 0.6) is 0 Å². The molecule has 1 aliphatic heterocycles. The minimum Gasteiger partial charge on any atom is -0.379 e. The van der Waals surface area contributed by atoms with Crippen LogP contribution in [0.4, 0.5) is 0 Å². The van der Waals surface area contributed by atoms with Crippen LogP contribution in [0.25, 0.3) is 0 Å². The molecule has 0 amide bonds. The Morgan fingerprint density at radius 3 is 2.12 bits per heavy atom. The lowest BCUT2D eigenvalue weighted by Gasteiger charge is -2.21. The van der Waals surface area contributed by atoms with Crippen molar-refractivity contribution < 1.29 is 9.53 Å². The molecule has 1 heterocycles. The zero-order valence-corrected chi connectivity index (χ0v) is 9.98. The number of benzene rings is 1. The molecule has 1 saturated heterocycles. The summed E-state index contributed by atoms with van der Waals surface area (Å²) in [5.41, 5.74) is 1.92. The molecular weight excluding hydrogens is 202 g/mol. The Hall–Kier alpha value is -1.19. The minimum atomic E-state index is 0.737. The highest BCUT2D eigenvalue weighted by atomic mass is 16.5. The van der Waals surface area contributed by atoms with E-state index in [1.165, 1.54) is 5.56 Å². The van der Waals surface area contributed by atoms with E-state index in [-0.39, 0.29) is 0 Å². The van der Waals surface area contributed by atoms with E-state index in [4.69, 9.17) is 4.74 Å². The SMILES string of the molecule is CN1CCOCC1.Cc1ccc(C=O)cc1. The first-order chi connectivity index (χ1) is 7.72. The van der Waals surface area contributed by atoms with E-state index in [9.17, 15) is 4.79 Å². The standard InChI is InChI=1S/C8H8O.C5H11NO/c1-7-2-4-8(6-9)5-3-7;1-6-2-4-7-5-3-6/h2-6H,1H3;2-5H2,1H3. The van der Waals surface area contributed by atoms with Crippen LogP contribution in [0.15, 0.2) is 24.3 Å². The van der Waals surface area contributed by atoms with Crippen LogP contribution in [0.2, 0.25) is 0 Å². The Balaban J connectivity index is 0.000000165. The lowest BCUT2D eigenvalue weighted by molar-refractivity contribution is 0.0503. The van der Waals surface area contributed by atoms with Crippen LogP contribution < -0.4 is 0 Å². The summed E-state index contributed by atoms with van der Waals surface area (Å²) in [4.78, 5) is 12.4. The number of carbonyl (C=O) groups is 1. The predicted molar refractivity (Wildman–Crippen MR) is 64.9 cm³/mol. The van der Waals surface area contributed by atoms with Gasteiger partial charge in [-0.1, -0.05) is 29.8 Å². The first kappa shape index (κ1) is 12.9. The number of nitrogens with zero attached hydrogens (tertiary/aromatic N) is 1. The summed E-state index contributed by atoms with van der Waals surface area (Å²) in [6.45, 7) is 6.02. The molecule has 2 rings (SSSR count). The van der Waals surface area contributed by atoms with Crippen molar-refractivity contribution in [1.82, 2.24) is 4.90 Å². The number of ether oxygens (including phenoxy) is 1. The lowest BCUT2D eigenvalue weighted by Crippen LogP contribution is -2.32. The first-order valence-corrected chi connectivity index (χ1v) is 5.50. The molecule has 0 unspecified atom stereocenters. The molecule has 1 aromatic carbocycles. The smallest absolute Gasteiger partial charge is 0.150 e. The van der Waals surface area contributed by atoms with Gasteiger partial charge in [-0.2, -0.15) is 0 Å². The number of aldehydes is 1. The van der Waals surface area contributed by atoms with Crippen LogP contribution >= 0.6 is 0 Å². The van der Waals surface area contributed by atoms with Crippen molar-refractivity contribution in [1.29, 1.82) is 0 Å². The second-order valence-electron chi connectivity index (χ2n) is 3.94. The Morgan fingerprint density at radius 1 is 1.19 bits per heavy atom. The van der Waals surface area contributed by atoms with Gasteiger partial charge in [0.25, 0.3) is 0 Å². The second kappa shape index (κ2) is 7.14. The highest BCUT2D eigenvalue weighted by molar-refractivity contribution is 5.74. The van der Waals surface area contributed by atoms with E-state index in [2.05, 4.69) is 11.9 Å². The maximum Gasteiger partial charge on any atom is 0.150 e. The van der Waals surface area contributed by atoms with Gasteiger partial charge < -0.3 is 9.64 Å². The van der Waals surface area contributed by atoms with Crippen molar-refractivity contribution in [3.05, 3.63) is 35.4 Å². The molecule has 0 saturated carbocycles. The molecular formula is C13H19NO2. The van der Waals surface area contributed by atoms with E-state index in [1.807, 2.05) is 31.2 Å². The quantitative estimate of drug-likeness (QED) is 0.677. The molecule has 3 nitrogen and oxygen atoms in total. The monoisotopic (exact) mass is 221 g/mol. The maximum absolute atomic E-state index is 10.1. The lowest BCUT2D eigenvalue weighted by atomic mass is 10.2. The minimum absolute atomic E-state index is 0.737. The highest BCUT2D eigenvalue weighted by Crippen LogP contribution is 1.98. The van der Waals surface area contributed by atoms with Crippen molar-refractivity contribution in [2.24, 2.45) is 0 Å². The van der Waals surface area contributed by atoms with Crippen LogP contribution in [0.3, 0.4) is 0 Å². The van der Waals surface area contributed by atoms with Crippen molar-refractivity contribution in [3.8, 4) is 0 Å². The van der Waals surface area contributed by atoms with Gasteiger partial charge >= 0.3 is 0 Å². The van der Waals surface area contributed by atoms with E-state index >= 15 is 0 Å². The summed E-state index contributed by atoms with van der Waals surface area (Å²) < 4.78 is 5.10. The van der Waals surface area contributed by atoms with Crippen molar-refractivity contribution in [3.63, 3.8) is 0 Å². The summed E-state index contributed by atoms with van der Waals surface area (Å²) in [6.07, 6.45) is 0.847. The van der Waals surface area contributed by atoms with Gasteiger partial charge in [-0.15, -0.1) is 0 Å². The number of hydrogen-bond acceptors (Lipinski definition) is 3. The molecule has 0 aromatic heterocycles. The average Bonchev–Trinajstić information content (AvgIpc) is 2.32. The Morgan fingerprint density at radius 2 is 1.75 bits per heavy atom. The Kier molecular flexibility index (Phi) is 5.75. The summed E-state index contributed by atoms with van der Waals surface area (Å²) >= 11 is 0. The number of carbonyl (C=O) groups excluding carboxylic acids is 1. The molecule has 1 aromatic rings. The van der Waals surface area contributed by atoms with Crippen LogP contribution in [0.1, 0.15) is 15.9 Å². The summed E-state index contributed by atoms with van der Waals surface area (Å²) in [6, 6.07) is 7.46. The first-order valence-electron chi connectivity index (χ1n) is 5.50. The van der Waals surface area contributed by atoms with E-state index in [0.717, 1.165) is 38.2 Å². The van der Waals surface area contributed by atoms with Gasteiger partial charge in [-0.05, 0) is 14.0 Å². The highest BCUT2D eigenvalue weighted by Gasteiger charge is 2.02. The topological polar surface area (TPSA) is 29.5 Å². The van der Waals surface area contributed by atoms with E-state index < -0.39 is 0 Å². The predicted octanol–water partition coefficient (Wildman–Crippen LogP) is 1.76. The Labute approximate surface area is 97.0 Å². The molecule has 0 N–H and O–H groups in total. The van der Waals surface area contributed by atoms with E-state index in [1.54, 1.807) is 0 Å². The zero-order chi connectivity index (χ0) is 11.8. The van der Waals surface area contributed by atoms with Gasteiger partial charge in [-0.3, -0.25) is 4.79 Å². The van der Waals surface area contributed by atoms with Gasteiger partial charge in [0.05, 0.1) is 13.2 Å². The average molecular weight is 221 g/mol. The van der Waals surface area contributed by atoms with Crippen LogP contribution in [-0.4, -0.2) is 44.5 Å². The summed E-state index contributed by atoms with van der Waals surface area (Å²) in [5, 5.41) is 0. The fourth-order valence-electron chi connectivity index (χ4n) is 1.30. The second-order valence-corrected chi connectivity index (χ2v) is 3.94. The van der Waals surface area contributed by atoms with Gasteiger partial charge in [0.2, 0.25) is 0 Å². The number of aryl methyl sites for hydroxylation is 1. The van der Waals surface area contributed by atoms with Gasteiger partial charge in [-0.25, -0.2) is 0 Å². The third-order valence-electron chi connectivity index (χ3n) is 2.45. The molecule has 0 spiro atoms. The molecule has 0 bridgehead atoms. The molecule has 0 radical (unpaired) electrons. The molecule has 16 heavy (non-hydrogen) atoms. The molecule has 1 fully saturated rings. The van der Waals surface area contributed by atoms with Crippen molar-refractivity contribution in [2.45, 2.75) is 6.92 Å². The largest absolute Gasteiger partial charge is 0.379 e. The maximum atomic E-state index is 10.1. The fraction of sp³-hybridized carbons (Fsp3) is 0.462. The molecule has 0 aliphatic carbocycles. The van der Waals surface area contributed by atoms with Crippen LogP contribution in [-0.2, 0) is 4.74 Å². The number of likely N-dealkylation sites (N-methyl/N-ethyl adjacent to an activating group) is 1. The summed E-state index contributed by atoms with van der Waals surface area (Å²) in [7, 11) is 2.11. The fourth-order valence-corrected chi connectivity index (χ4v) is 1.30. The molecule has 88 valence electrons. The zero-order valence-electron chi connectivity index (χ0n) is 9.98. The normalized spacial score (nSPS) is 16.1. The Bertz CT molecular complexity index is 302. The number of rotatable bonds is 1. The third-order valence-corrected chi connectivity index (χ3v) is 2.45. The number of hydrogen-bond donors (Lipinski definition) is 0. The van der Waals surface area contributed by atoms with Gasteiger partial charge in [0.1, 0.15) is 6.29 Å². The molecule has 3 heteroatoms. The van der Waals surface area contributed by atoms with Gasteiger partial charge in [0, 0.05) is 18.7 Å². The molecule has 0 atom stereocenters. The van der Waals surface area contributed by atoms with E-state index in [0.29, 0.717) is 0 Å².